The lowest BCUT2D eigenvalue weighted by Gasteiger charge is -2.13. The lowest BCUT2D eigenvalue weighted by Crippen LogP contribution is -1.89. The van der Waals surface area contributed by atoms with Gasteiger partial charge >= 0.3 is 0 Å². The molecular weight excluding hydrogens is 434 g/mol. The van der Waals surface area contributed by atoms with Gasteiger partial charge in [0.05, 0.1) is 0 Å². The van der Waals surface area contributed by atoms with Crippen LogP contribution in [0.4, 0.5) is 0 Å². The maximum Gasteiger partial charge on any atom is 0.227 e. The topological polar surface area (TPSA) is 26.0 Å². The smallest absolute Gasteiger partial charge is 0.227 e. The molecule has 0 amide bonds. The fraction of sp³-hybridized carbons (Fsp3) is 0. The molecule has 0 spiro atoms. The fourth-order valence-electron chi connectivity index (χ4n) is 4.80. The number of nitrogens with zero attached hydrogens (tertiary/aromatic N) is 1. The molecule has 5 aromatic carbocycles. The largest absolute Gasteiger partial charge is 0.436 e. The molecule has 0 atom stereocenters. The van der Waals surface area contributed by atoms with Crippen LogP contribution in [-0.2, 0) is 0 Å². The molecule has 0 fully saturated rings. The number of thiophene rings is 1. The molecule has 0 radical (unpaired) electrons. The van der Waals surface area contributed by atoms with Gasteiger partial charge in [0.25, 0.3) is 0 Å². The van der Waals surface area contributed by atoms with E-state index in [0.717, 1.165) is 22.2 Å². The van der Waals surface area contributed by atoms with Crippen LogP contribution < -0.4 is 0 Å². The maximum atomic E-state index is 6.16. The summed E-state index contributed by atoms with van der Waals surface area (Å²) in [7, 11) is 0. The zero-order valence-corrected chi connectivity index (χ0v) is 19.0. The summed E-state index contributed by atoms with van der Waals surface area (Å²) in [5.41, 5.74) is 7.42. The van der Waals surface area contributed by atoms with Gasteiger partial charge in [0.2, 0.25) is 5.89 Å². The Balaban J connectivity index is 1.47. The Morgan fingerprint density at radius 1 is 0.500 bits per heavy atom. The minimum atomic E-state index is 0.645. The molecule has 0 saturated heterocycles. The van der Waals surface area contributed by atoms with Gasteiger partial charge in [-0.1, -0.05) is 91.0 Å². The van der Waals surface area contributed by atoms with E-state index < -0.39 is 0 Å². The third-order valence-electron chi connectivity index (χ3n) is 6.36. The first-order valence-electron chi connectivity index (χ1n) is 11.3. The van der Waals surface area contributed by atoms with E-state index in [1.807, 2.05) is 41.7 Å². The average Bonchev–Trinajstić information content (AvgIpc) is 3.50. The maximum absolute atomic E-state index is 6.16. The molecule has 0 aliphatic carbocycles. The molecule has 0 saturated carbocycles. The number of oxazole rings is 1. The fourth-order valence-corrected chi connectivity index (χ4v) is 6.03. The van der Waals surface area contributed by atoms with E-state index in [0.29, 0.717) is 5.89 Å². The number of fused-ring (bicyclic) bond motifs is 4. The third-order valence-corrected chi connectivity index (χ3v) is 7.58. The van der Waals surface area contributed by atoms with Crippen LogP contribution in [0.2, 0.25) is 0 Å². The SMILES string of the molecule is c1ccc(-c2ccccc2-c2cccc3c2sc2ccccc23)c(-c2nc3ccccc3o2)c1. The van der Waals surface area contributed by atoms with Crippen molar-refractivity contribution in [2.75, 3.05) is 0 Å². The van der Waals surface area contributed by atoms with Gasteiger partial charge < -0.3 is 4.42 Å². The van der Waals surface area contributed by atoms with E-state index in [-0.39, 0.29) is 0 Å². The predicted molar refractivity (Wildman–Crippen MR) is 143 cm³/mol. The molecule has 2 heterocycles. The zero-order valence-electron chi connectivity index (χ0n) is 18.2. The molecule has 0 unspecified atom stereocenters. The number of hydrogen-bond donors (Lipinski definition) is 0. The lowest BCUT2D eigenvalue weighted by molar-refractivity contribution is 0.620. The minimum absolute atomic E-state index is 0.645. The van der Waals surface area contributed by atoms with Gasteiger partial charge in [-0.2, -0.15) is 0 Å². The van der Waals surface area contributed by atoms with Gasteiger partial charge in [0.1, 0.15) is 5.52 Å². The monoisotopic (exact) mass is 453 g/mol. The molecule has 7 rings (SSSR count). The Labute approximate surface area is 200 Å². The Morgan fingerprint density at radius 2 is 1.09 bits per heavy atom. The molecule has 2 nitrogen and oxygen atoms in total. The van der Waals surface area contributed by atoms with Crippen LogP contribution in [0.5, 0.6) is 0 Å². The van der Waals surface area contributed by atoms with Crippen molar-refractivity contribution in [1.29, 1.82) is 0 Å². The van der Waals surface area contributed by atoms with Crippen molar-refractivity contribution in [3.8, 4) is 33.7 Å². The van der Waals surface area contributed by atoms with Crippen molar-refractivity contribution < 1.29 is 4.42 Å². The summed E-state index contributed by atoms with van der Waals surface area (Å²) in [4.78, 5) is 4.79. The van der Waals surface area contributed by atoms with Crippen LogP contribution >= 0.6 is 11.3 Å². The van der Waals surface area contributed by atoms with Gasteiger partial charge in [-0.3, -0.25) is 0 Å². The molecule has 2 aromatic heterocycles. The van der Waals surface area contributed by atoms with Gasteiger partial charge in [-0.05, 0) is 41.0 Å². The first-order valence-corrected chi connectivity index (χ1v) is 12.1. The molecule has 160 valence electrons. The standard InChI is InChI=1S/C31H19NOS/c1-2-11-21(24-15-9-16-25-23-13-5-8-19-29(23)34-30(24)25)20(10-1)22-12-3-4-14-26(22)31-32-27-17-6-7-18-28(27)33-31/h1-19H. The molecule has 0 aliphatic heterocycles. The van der Waals surface area contributed by atoms with Gasteiger partial charge in [0.15, 0.2) is 5.58 Å². The molecule has 0 N–H and O–H groups in total. The highest BCUT2D eigenvalue weighted by molar-refractivity contribution is 7.26. The van der Waals surface area contributed by atoms with Crippen molar-refractivity contribution in [1.82, 2.24) is 4.98 Å². The Hall–Kier alpha value is -4.21. The van der Waals surface area contributed by atoms with Gasteiger partial charge in [0, 0.05) is 31.3 Å². The second-order valence-corrected chi connectivity index (χ2v) is 9.41. The van der Waals surface area contributed by atoms with Crippen LogP contribution in [0.1, 0.15) is 0 Å². The molecule has 7 aromatic rings. The van der Waals surface area contributed by atoms with Crippen molar-refractivity contribution in [3.05, 3.63) is 115 Å². The molecule has 0 aliphatic rings. The number of para-hydroxylation sites is 2. The zero-order chi connectivity index (χ0) is 22.5. The normalized spacial score (nSPS) is 11.5. The summed E-state index contributed by atoms with van der Waals surface area (Å²) in [5.74, 6) is 0.645. The predicted octanol–water partition coefficient (Wildman–Crippen LogP) is 9.20. The lowest BCUT2D eigenvalue weighted by atomic mass is 9.91. The van der Waals surface area contributed by atoms with E-state index in [9.17, 15) is 0 Å². The molecule has 3 heteroatoms. The highest BCUT2D eigenvalue weighted by atomic mass is 32.1. The number of benzene rings is 5. The average molecular weight is 454 g/mol. The minimum Gasteiger partial charge on any atom is -0.436 e. The third kappa shape index (κ3) is 2.98. The van der Waals surface area contributed by atoms with Crippen LogP contribution in [0.15, 0.2) is 120 Å². The summed E-state index contributed by atoms with van der Waals surface area (Å²) < 4.78 is 8.79. The quantitative estimate of drug-likeness (QED) is 0.266. The van der Waals surface area contributed by atoms with E-state index in [2.05, 4.69) is 84.9 Å². The van der Waals surface area contributed by atoms with E-state index in [1.54, 1.807) is 0 Å². The van der Waals surface area contributed by atoms with Crippen LogP contribution in [0, 0.1) is 0 Å². The second kappa shape index (κ2) is 7.68. The Bertz CT molecular complexity index is 1790. The van der Waals surface area contributed by atoms with E-state index in [1.165, 1.54) is 36.9 Å². The Morgan fingerprint density at radius 3 is 1.91 bits per heavy atom. The van der Waals surface area contributed by atoms with Crippen molar-refractivity contribution in [2.45, 2.75) is 0 Å². The highest BCUT2D eigenvalue weighted by Crippen LogP contribution is 2.44. The first-order chi connectivity index (χ1) is 16.9. The summed E-state index contributed by atoms with van der Waals surface area (Å²) in [6.45, 7) is 0. The summed E-state index contributed by atoms with van der Waals surface area (Å²) in [6, 6.07) is 40.2. The van der Waals surface area contributed by atoms with Gasteiger partial charge in [-0.15, -0.1) is 11.3 Å². The second-order valence-electron chi connectivity index (χ2n) is 8.36. The van der Waals surface area contributed by atoms with Crippen molar-refractivity contribution in [3.63, 3.8) is 0 Å². The van der Waals surface area contributed by atoms with Crippen molar-refractivity contribution in [2.24, 2.45) is 0 Å². The summed E-state index contributed by atoms with van der Waals surface area (Å²) in [6.07, 6.45) is 0. The number of aromatic nitrogens is 1. The first kappa shape index (κ1) is 19.3. The van der Waals surface area contributed by atoms with E-state index in [4.69, 9.17) is 9.40 Å². The number of hydrogen-bond acceptors (Lipinski definition) is 3. The van der Waals surface area contributed by atoms with Crippen molar-refractivity contribution >= 4 is 42.6 Å². The van der Waals surface area contributed by atoms with Gasteiger partial charge in [-0.25, -0.2) is 4.98 Å². The van der Waals surface area contributed by atoms with Crippen LogP contribution in [-0.4, -0.2) is 4.98 Å². The van der Waals surface area contributed by atoms with E-state index >= 15 is 0 Å². The molecule has 34 heavy (non-hydrogen) atoms. The van der Waals surface area contributed by atoms with Crippen LogP contribution in [0.25, 0.3) is 65.0 Å². The Kier molecular flexibility index (Phi) is 4.36. The summed E-state index contributed by atoms with van der Waals surface area (Å²) in [5, 5.41) is 2.62. The van der Waals surface area contributed by atoms with Crippen LogP contribution in [0.3, 0.4) is 0 Å². The number of rotatable bonds is 3. The molecular formula is C31H19NOS. The highest BCUT2D eigenvalue weighted by Gasteiger charge is 2.18. The summed E-state index contributed by atoms with van der Waals surface area (Å²) >= 11 is 1.86. The molecule has 0 bridgehead atoms.